The minimum Gasteiger partial charge on any atom is -0.481 e. The standard InChI is InChI=1S/C18H21N3O3S/c1-12-9-14(17(22)23)11-21(10-12)18(24)20-15(16-19-7-8-25-16)13-5-3-2-4-6-13/h2-8,12,14-15H,9-11H2,1H3,(H,20,24)(H,22,23). The maximum atomic E-state index is 12.8. The van der Waals surface area contributed by atoms with E-state index in [1.54, 1.807) is 11.1 Å². The molecule has 7 heteroatoms. The molecule has 1 fully saturated rings. The summed E-state index contributed by atoms with van der Waals surface area (Å²) in [4.78, 5) is 30.1. The summed E-state index contributed by atoms with van der Waals surface area (Å²) in [6.45, 7) is 2.78. The third kappa shape index (κ3) is 4.17. The van der Waals surface area contributed by atoms with Gasteiger partial charge in [-0.15, -0.1) is 11.3 Å². The number of rotatable bonds is 4. The van der Waals surface area contributed by atoms with E-state index in [1.807, 2.05) is 42.6 Å². The molecule has 2 aromatic rings. The van der Waals surface area contributed by atoms with Crippen molar-refractivity contribution in [1.29, 1.82) is 0 Å². The molecule has 0 aliphatic carbocycles. The van der Waals surface area contributed by atoms with Gasteiger partial charge in [-0.25, -0.2) is 9.78 Å². The number of carbonyl (C=O) groups is 2. The highest BCUT2D eigenvalue weighted by molar-refractivity contribution is 7.09. The lowest BCUT2D eigenvalue weighted by atomic mass is 9.91. The zero-order valence-electron chi connectivity index (χ0n) is 14.0. The number of piperidine rings is 1. The SMILES string of the molecule is CC1CC(C(=O)O)CN(C(=O)NC(c2ccccc2)c2nccs2)C1. The van der Waals surface area contributed by atoms with Crippen molar-refractivity contribution in [2.45, 2.75) is 19.4 Å². The molecule has 0 spiro atoms. The maximum Gasteiger partial charge on any atom is 0.318 e. The summed E-state index contributed by atoms with van der Waals surface area (Å²) in [6.07, 6.45) is 2.32. The number of likely N-dealkylation sites (tertiary alicyclic amines) is 1. The molecule has 3 rings (SSSR count). The average Bonchev–Trinajstić information content (AvgIpc) is 3.14. The predicted molar refractivity (Wildman–Crippen MR) is 95.4 cm³/mol. The van der Waals surface area contributed by atoms with Gasteiger partial charge in [0, 0.05) is 24.7 Å². The second-order valence-electron chi connectivity index (χ2n) is 6.44. The van der Waals surface area contributed by atoms with Gasteiger partial charge >= 0.3 is 12.0 Å². The molecule has 132 valence electrons. The quantitative estimate of drug-likeness (QED) is 0.879. The fourth-order valence-electron chi connectivity index (χ4n) is 3.22. The summed E-state index contributed by atoms with van der Waals surface area (Å²) in [6, 6.07) is 9.08. The van der Waals surface area contributed by atoms with Gasteiger partial charge in [-0.1, -0.05) is 37.3 Å². The van der Waals surface area contributed by atoms with E-state index >= 15 is 0 Å². The Balaban J connectivity index is 1.77. The van der Waals surface area contributed by atoms with Crippen LogP contribution in [-0.4, -0.2) is 40.1 Å². The van der Waals surface area contributed by atoms with Crippen LogP contribution in [0.5, 0.6) is 0 Å². The number of carboxylic acids is 1. The van der Waals surface area contributed by atoms with Gasteiger partial charge in [0.25, 0.3) is 0 Å². The first-order valence-electron chi connectivity index (χ1n) is 8.27. The number of benzene rings is 1. The molecule has 2 heterocycles. The molecule has 2 N–H and O–H groups in total. The van der Waals surface area contributed by atoms with E-state index in [2.05, 4.69) is 10.3 Å². The molecule has 3 atom stereocenters. The lowest BCUT2D eigenvalue weighted by Gasteiger charge is -2.35. The van der Waals surface area contributed by atoms with Crippen LogP contribution in [0, 0.1) is 11.8 Å². The number of carboxylic acid groups (broad SMARTS) is 1. The molecule has 0 bridgehead atoms. The van der Waals surface area contributed by atoms with Crippen LogP contribution in [-0.2, 0) is 4.79 Å². The second-order valence-corrected chi connectivity index (χ2v) is 7.37. The van der Waals surface area contributed by atoms with Gasteiger partial charge in [-0.3, -0.25) is 4.79 Å². The Morgan fingerprint density at radius 3 is 2.72 bits per heavy atom. The van der Waals surface area contributed by atoms with E-state index in [0.717, 1.165) is 10.6 Å². The summed E-state index contributed by atoms with van der Waals surface area (Å²) < 4.78 is 0. The Morgan fingerprint density at radius 1 is 1.32 bits per heavy atom. The molecule has 1 aliphatic rings. The van der Waals surface area contributed by atoms with Gasteiger partial charge < -0.3 is 15.3 Å². The molecule has 1 aromatic carbocycles. The number of urea groups is 1. The number of amides is 2. The molecule has 1 aliphatic heterocycles. The number of nitrogens with one attached hydrogen (secondary N) is 1. The van der Waals surface area contributed by atoms with Crippen molar-refractivity contribution < 1.29 is 14.7 Å². The van der Waals surface area contributed by atoms with Gasteiger partial charge in [-0.05, 0) is 17.9 Å². The summed E-state index contributed by atoms with van der Waals surface area (Å²) in [7, 11) is 0. The Kier molecular flexibility index (Phi) is 5.33. The third-order valence-electron chi connectivity index (χ3n) is 4.40. The van der Waals surface area contributed by atoms with Crippen molar-refractivity contribution in [3.63, 3.8) is 0 Å². The first-order chi connectivity index (χ1) is 12.0. The van der Waals surface area contributed by atoms with Gasteiger partial charge in [-0.2, -0.15) is 0 Å². The van der Waals surface area contributed by atoms with Crippen molar-refractivity contribution in [1.82, 2.24) is 15.2 Å². The molecule has 3 unspecified atom stereocenters. The van der Waals surface area contributed by atoms with Crippen molar-refractivity contribution in [3.05, 3.63) is 52.5 Å². The minimum atomic E-state index is -0.844. The lowest BCUT2D eigenvalue weighted by molar-refractivity contribution is -0.143. The number of aromatic nitrogens is 1. The summed E-state index contributed by atoms with van der Waals surface area (Å²) >= 11 is 1.48. The van der Waals surface area contributed by atoms with Crippen molar-refractivity contribution in [2.24, 2.45) is 11.8 Å². The number of hydrogen-bond donors (Lipinski definition) is 2. The van der Waals surface area contributed by atoms with Crippen LogP contribution in [0.2, 0.25) is 0 Å². The third-order valence-corrected chi connectivity index (χ3v) is 5.24. The zero-order valence-corrected chi connectivity index (χ0v) is 14.8. The van der Waals surface area contributed by atoms with Gasteiger partial charge in [0.1, 0.15) is 11.0 Å². The Morgan fingerprint density at radius 2 is 2.08 bits per heavy atom. The Bertz CT molecular complexity index is 720. The first-order valence-corrected chi connectivity index (χ1v) is 9.15. The minimum absolute atomic E-state index is 0.163. The van der Waals surface area contributed by atoms with E-state index in [4.69, 9.17) is 0 Å². The highest BCUT2D eigenvalue weighted by atomic mass is 32.1. The van der Waals surface area contributed by atoms with Gasteiger partial charge in [0.2, 0.25) is 0 Å². The monoisotopic (exact) mass is 359 g/mol. The van der Waals surface area contributed by atoms with Crippen molar-refractivity contribution >= 4 is 23.3 Å². The normalized spacial score (nSPS) is 21.6. The number of carbonyl (C=O) groups excluding carboxylic acids is 1. The fraction of sp³-hybridized carbons (Fsp3) is 0.389. The fourth-order valence-corrected chi connectivity index (χ4v) is 3.94. The molecule has 2 amide bonds. The largest absolute Gasteiger partial charge is 0.481 e. The van der Waals surface area contributed by atoms with Crippen LogP contribution in [0.4, 0.5) is 4.79 Å². The summed E-state index contributed by atoms with van der Waals surface area (Å²) in [5, 5.41) is 15.0. The molecule has 6 nitrogen and oxygen atoms in total. The molecule has 0 radical (unpaired) electrons. The topological polar surface area (TPSA) is 82.5 Å². The molecule has 25 heavy (non-hydrogen) atoms. The van der Waals surface area contributed by atoms with Crippen LogP contribution < -0.4 is 5.32 Å². The Labute approximate surface area is 150 Å². The molecule has 1 saturated heterocycles. The van der Waals surface area contributed by atoms with Gasteiger partial charge in [0.05, 0.1) is 5.92 Å². The van der Waals surface area contributed by atoms with E-state index < -0.39 is 11.9 Å². The highest BCUT2D eigenvalue weighted by Crippen LogP contribution is 2.26. The number of nitrogens with zero attached hydrogens (tertiary/aromatic N) is 2. The lowest BCUT2D eigenvalue weighted by Crippen LogP contribution is -2.50. The highest BCUT2D eigenvalue weighted by Gasteiger charge is 2.33. The average molecular weight is 359 g/mol. The van der Waals surface area contributed by atoms with Crippen LogP contribution >= 0.6 is 11.3 Å². The van der Waals surface area contributed by atoms with E-state index in [-0.39, 0.29) is 24.5 Å². The van der Waals surface area contributed by atoms with Crippen molar-refractivity contribution in [3.8, 4) is 0 Å². The smallest absolute Gasteiger partial charge is 0.318 e. The molecular formula is C18H21N3O3S. The molecule has 0 saturated carbocycles. The Hall–Kier alpha value is -2.41. The predicted octanol–water partition coefficient (Wildman–Crippen LogP) is 2.98. The summed E-state index contributed by atoms with van der Waals surface area (Å²) in [5.41, 5.74) is 0.950. The first kappa shape index (κ1) is 17.4. The van der Waals surface area contributed by atoms with E-state index in [9.17, 15) is 14.7 Å². The number of hydrogen-bond acceptors (Lipinski definition) is 4. The molecular weight excluding hydrogens is 338 g/mol. The summed E-state index contributed by atoms with van der Waals surface area (Å²) in [5.74, 6) is -1.19. The van der Waals surface area contributed by atoms with E-state index in [1.165, 1.54) is 11.3 Å². The maximum absolute atomic E-state index is 12.8. The molecule has 1 aromatic heterocycles. The van der Waals surface area contributed by atoms with Crippen LogP contribution in [0.1, 0.15) is 30.0 Å². The number of thiazole rings is 1. The van der Waals surface area contributed by atoms with Crippen LogP contribution in [0.3, 0.4) is 0 Å². The second kappa shape index (κ2) is 7.65. The van der Waals surface area contributed by atoms with Crippen LogP contribution in [0.25, 0.3) is 0 Å². The number of aliphatic carboxylic acids is 1. The van der Waals surface area contributed by atoms with Gasteiger partial charge in [0.15, 0.2) is 0 Å². The van der Waals surface area contributed by atoms with E-state index in [0.29, 0.717) is 13.0 Å². The van der Waals surface area contributed by atoms with Crippen LogP contribution in [0.15, 0.2) is 41.9 Å². The zero-order chi connectivity index (χ0) is 17.8. The van der Waals surface area contributed by atoms with Crippen molar-refractivity contribution in [2.75, 3.05) is 13.1 Å².